The predicted octanol–water partition coefficient (Wildman–Crippen LogP) is 2.75. The molecule has 0 spiro atoms. The van der Waals surface area contributed by atoms with Crippen LogP contribution in [-0.4, -0.2) is 26.9 Å². The van der Waals surface area contributed by atoms with Gasteiger partial charge in [0.2, 0.25) is 10.0 Å². The molecular formula is C12H18BrNO3S. The topological polar surface area (TPSA) is 55.4 Å². The van der Waals surface area contributed by atoms with E-state index in [9.17, 15) is 8.42 Å². The van der Waals surface area contributed by atoms with Gasteiger partial charge in [0.15, 0.2) is 0 Å². The average Bonchev–Trinajstić information content (AvgIpc) is 2.27. The minimum Gasteiger partial charge on any atom is -0.378 e. The van der Waals surface area contributed by atoms with Crippen LogP contribution in [0.5, 0.6) is 0 Å². The fourth-order valence-corrected chi connectivity index (χ4v) is 2.59. The molecule has 1 aromatic rings. The monoisotopic (exact) mass is 335 g/mol. The molecular weight excluding hydrogens is 318 g/mol. The number of hydrogen-bond acceptors (Lipinski definition) is 3. The number of hydrogen-bond donors (Lipinski definition) is 1. The predicted molar refractivity (Wildman–Crippen MR) is 77.6 cm³/mol. The Morgan fingerprint density at radius 2 is 2.11 bits per heavy atom. The zero-order chi connectivity index (χ0) is 13.6. The lowest BCUT2D eigenvalue weighted by molar-refractivity contribution is 0.0913. The van der Waals surface area contributed by atoms with Crippen LogP contribution in [0.25, 0.3) is 0 Å². The van der Waals surface area contributed by atoms with Crippen LogP contribution in [0.3, 0.4) is 0 Å². The van der Waals surface area contributed by atoms with E-state index in [0.29, 0.717) is 11.0 Å². The molecule has 0 heterocycles. The van der Waals surface area contributed by atoms with Gasteiger partial charge in [-0.25, -0.2) is 8.42 Å². The summed E-state index contributed by atoms with van der Waals surface area (Å²) in [5.74, 6) is -0.0380. The number of alkyl halides is 1. The van der Waals surface area contributed by atoms with Crippen molar-refractivity contribution < 1.29 is 13.2 Å². The summed E-state index contributed by atoms with van der Waals surface area (Å²) in [6.45, 7) is 3.95. The van der Waals surface area contributed by atoms with Crippen molar-refractivity contribution in [2.75, 3.05) is 17.1 Å². The van der Waals surface area contributed by atoms with Gasteiger partial charge in [-0.2, -0.15) is 0 Å². The molecule has 6 heteroatoms. The van der Waals surface area contributed by atoms with E-state index in [4.69, 9.17) is 4.74 Å². The Morgan fingerprint density at radius 1 is 1.39 bits per heavy atom. The number of nitrogens with one attached hydrogen (secondary N) is 1. The van der Waals surface area contributed by atoms with Crippen molar-refractivity contribution in [3.8, 4) is 0 Å². The lowest BCUT2D eigenvalue weighted by Gasteiger charge is -2.10. The van der Waals surface area contributed by atoms with Crippen molar-refractivity contribution in [2.24, 2.45) is 0 Å². The number of halogens is 1. The molecule has 0 aliphatic rings. The first-order valence-corrected chi connectivity index (χ1v) is 8.47. The standard InChI is InChI=1S/C12H18BrNO3S/c1-10(2)17-6-7-18(15,16)14-12-5-3-4-11(8-12)9-13/h3-5,8,10,14H,6-7,9H2,1-2H3. The summed E-state index contributed by atoms with van der Waals surface area (Å²) in [7, 11) is -3.35. The lowest BCUT2D eigenvalue weighted by atomic mass is 10.2. The Hall–Kier alpha value is -0.590. The van der Waals surface area contributed by atoms with E-state index in [2.05, 4.69) is 20.7 Å². The van der Waals surface area contributed by atoms with Crippen LogP contribution < -0.4 is 4.72 Å². The van der Waals surface area contributed by atoms with E-state index in [-0.39, 0.29) is 18.5 Å². The molecule has 0 amide bonds. The van der Waals surface area contributed by atoms with Gasteiger partial charge >= 0.3 is 0 Å². The van der Waals surface area contributed by atoms with Crippen molar-refractivity contribution >= 4 is 31.6 Å². The Balaban J connectivity index is 2.59. The molecule has 4 nitrogen and oxygen atoms in total. The van der Waals surface area contributed by atoms with Crippen molar-refractivity contribution in [1.82, 2.24) is 0 Å². The molecule has 0 saturated heterocycles. The van der Waals surface area contributed by atoms with E-state index in [0.717, 1.165) is 5.56 Å². The molecule has 0 bridgehead atoms. The summed E-state index contributed by atoms with van der Waals surface area (Å²) >= 11 is 3.33. The largest absolute Gasteiger partial charge is 0.378 e. The van der Waals surface area contributed by atoms with E-state index >= 15 is 0 Å². The molecule has 0 fully saturated rings. The molecule has 0 atom stereocenters. The molecule has 1 rings (SSSR count). The molecule has 18 heavy (non-hydrogen) atoms. The summed E-state index contributed by atoms with van der Waals surface area (Å²) < 4.78 is 31.3. The van der Waals surface area contributed by atoms with Crippen LogP contribution in [-0.2, 0) is 20.1 Å². The van der Waals surface area contributed by atoms with Gasteiger partial charge < -0.3 is 4.74 Å². The molecule has 0 aliphatic carbocycles. The Morgan fingerprint density at radius 3 is 2.72 bits per heavy atom. The highest BCUT2D eigenvalue weighted by atomic mass is 79.9. The Labute approximate surface area is 117 Å². The molecule has 1 N–H and O–H groups in total. The maximum atomic E-state index is 11.8. The van der Waals surface area contributed by atoms with Gasteiger partial charge in [0, 0.05) is 11.0 Å². The zero-order valence-corrected chi connectivity index (χ0v) is 12.9. The van der Waals surface area contributed by atoms with Gasteiger partial charge in [-0.05, 0) is 31.5 Å². The minimum absolute atomic E-state index is 0.0380. The van der Waals surface area contributed by atoms with Crippen molar-refractivity contribution in [1.29, 1.82) is 0 Å². The van der Waals surface area contributed by atoms with Gasteiger partial charge in [-0.1, -0.05) is 28.1 Å². The third-order valence-electron chi connectivity index (χ3n) is 2.16. The van der Waals surface area contributed by atoms with Crippen LogP contribution in [0, 0.1) is 0 Å². The molecule has 0 radical (unpaired) electrons. The summed E-state index contributed by atoms with van der Waals surface area (Å²) in [6, 6.07) is 7.27. The highest BCUT2D eigenvalue weighted by Crippen LogP contribution is 2.14. The highest BCUT2D eigenvalue weighted by molar-refractivity contribution is 9.08. The highest BCUT2D eigenvalue weighted by Gasteiger charge is 2.11. The van der Waals surface area contributed by atoms with Crippen molar-refractivity contribution in [3.63, 3.8) is 0 Å². The molecule has 0 saturated carbocycles. The number of sulfonamides is 1. The minimum atomic E-state index is -3.35. The van der Waals surface area contributed by atoms with E-state index in [1.165, 1.54) is 0 Å². The maximum Gasteiger partial charge on any atom is 0.235 e. The first-order chi connectivity index (χ1) is 8.43. The second-order valence-electron chi connectivity index (χ2n) is 4.17. The normalized spacial score (nSPS) is 11.8. The Kier molecular flexibility index (Phi) is 6.11. The van der Waals surface area contributed by atoms with Crippen molar-refractivity contribution in [3.05, 3.63) is 29.8 Å². The fraction of sp³-hybridized carbons (Fsp3) is 0.500. The third kappa shape index (κ3) is 5.84. The second-order valence-corrected chi connectivity index (χ2v) is 6.58. The van der Waals surface area contributed by atoms with Crippen LogP contribution in [0.4, 0.5) is 5.69 Å². The molecule has 102 valence electrons. The summed E-state index contributed by atoms with van der Waals surface area (Å²) in [5, 5.41) is 0.693. The smallest absolute Gasteiger partial charge is 0.235 e. The van der Waals surface area contributed by atoms with Gasteiger partial charge in [-0.3, -0.25) is 4.72 Å². The van der Waals surface area contributed by atoms with E-state index < -0.39 is 10.0 Å². The molecule has 1 aromatic carbocycles. The van der Waals surface area contributed by atoms with E-state index in [1.54, 1.807) is 12.1 Å². The summed E-state index contributed by atoms with van der Waals surface area (Å²) in [6.07, 6.45) is 0.0388. The number of rotatable bonds is 7. The SMILES string of the molecule is CC(C)OCCS(=O)(=O)Nc1cccc(CBr)c1. The van der Waals surface area contributed by atoms with Crippen LogP contribution >= 0.6 is 15.9 Å². The third-order valence-corrected chi connectivity index (χ3v) is 4.06. The van der Waals surface area contributed by atoms with Gasteiger partial charge in [-0.15, -0.1) is 0 Å². The lowest BCUT2D eigenvalue weighted by Crippen LogP contribution is -2.21. The van der Waals surface area contributed by atoms with Crippen molar-refractivity contribution in [2.45, 2.75) is 25.3 Å². The summed E-state index contributed by atoms with van der Waals surface area (Å²) in [4.78, 5) is 0. The number of anilines is 1. The van der Waals surface area contributed by atoms with Crippen LogP contribution in [0.1, 0.15) is 19.4 Å². The zero-order valence-electron chi connectivity index (χ0n) is 10.5. The quantitative estimate of drug-likeness (QED) is 0.779. The van der Waals surface area contributed by atoms with Gasteiger partial charge in [0.1, 0.15) is 0 Å². The average molecular weight is 336 g/mol. The Bertz CT molecular complexity index is 474. The first-order valence-electron chi connectivity index (χ1n) is 5.70. The van der Waals surface area contributed by atoms with E-state index in [1.807, 2.05) is 26.0 Å². The number of benzene rings is 1. The van der Waals surface area contributed by atoms with Gasteiger partial charge in [0.25, 0.3) is 0 Å². The molecule has 0 aromatic heterocycles. The number of ether oxygens (including phenoxy) is 1. The summed E-state index contributed by atoms with van der Waals surface area (Å²) in [5.41, 5.74) is 1.60. The van der Waals surface area contributed by atoms with Gasteiger partial charge in [0.05, 0.1) is 18.5 Å². The first kappa shape index (κ1) is 15.5. The molecule has 0 aliphatic heterocycles. The second kappa shape index (κ2) is 7.11. The maximum absolute atomic E-state index is 11.8. The van der Waals surface area contributed by atoms with Crippen LogP contribution in [0.15, 0.2) is 24.3 Å². The van der Waals surface area contributed by atoms with Crippen LogP contribution in [0.2, 0.25) is 0 Å². The fourth-order valence-electron chi connectivity index (χ4n) is 1.34. The molecule has 0 unspecified atom stereocenters.